The number of benzene rings is 2. The second kappa shape index (κ2) is 11.3. The van der Waals surface area contributed by atoms with Crippen molar-refractivity contribution in [2.45, 2.75) is 58.3 Å². The van der Waals surface area contributed by atoms with Crippen LogP contribution in [0.3, 0.4) is 0 Å². The van der Waals surface area contributed by atoms with E-state index in [1.165, 1.54) is 24.8 Å². The maximum Gasteiger partial charge on any atom is 0.349 e. The van der Waals surface area contributed by atoms with Crippen LogP contribution in [0.5, 0.6) is 0 Å². The van der Waals surface area contributed by atoms with Crippen molar-refractivity contribution in [3.05, 3.63) is 59.2 Å². The molecular weight excluding hydrogens is 474 g/mol. The highest BCUT2D eigenvalue weighted by atomic mass is 16.5. The van der Waals surface area contributed by atoms with Gasteiger partial charge in [-0.2, -0.15) is 5.10 Å². The number of aliphatic imine (C=N–C) groups is 1. The van der Waals surface area contributed by atoms with E-state index in [1.807, 2.05) is 4.90 Å². The van der Waals surface area contributed by atoms with Crippen LogP contribution < -0.4 is 10.2 Å². The number of ether oxygens (including phenoxy) is 1. The Morgan fingerprint density at radius 3 is 2.53 bits per heavy atom. The summed E-state index contributed by atoms with van der Waals surface area (Å²) in [6.45, 7) is 6.01. The minimum atomic E-state index is -0.0660. The molecule has 6 rings (SSSR count). The highest BCUT2D eigenvalue weighted by molar-refractivity contribution is 6.14. The number of carbonyl (C=O) groups is 1. The predicted octanol–water partition coefficient (Wildman–Crippen LogP) is 5.82. The topological polar surface area (TPSA) is 69.5 Å². The molecule has 200 valence electrons. The van der Waals surface area contributed by atoms with Crippen LogP contribution in [0.1, 0.15) is 61.6 Å². The third-order valence-electron chi connectivity index (χ3n) is 8.38. The van der Waals surface area contributed by atoms with Crippen molar-refractivity contribution < 1.29 is 9.53 Å². The molecule has 2 fully saturated rings. The van der Waals surface area contributed by atoms with E-state index in [1.54, 1.807) is 5.01 Å². The summed E-state index contributed by atoms with van der Waals surface area (Å²) in [5, 5.41) is 10.3. The Balaban J connectivity index is 1.39. The number of hydrazone groups is 1. The maximum absolute atomic E-state index is 14.4. The summed E-state index contributed by atoms with van der Waals surface area (Å²) in [5.41, 5.74) is 6.34. The number of anilines is 2. The van der Waals surface area contributed by atoms with E-state index in [9.17, 15) is 4.79 Å². The molecule has 0 bridgehead atoms. The number of hydrogen-bond acceptors (Lipinski definition) is 5. The number of amidine groups is 1. The number of nitrogens with one attached hydrogen (secondary N) is 1. The molecule has 0 aromatic heterocycles. The van der Waals surface area contributed by atoms with Crippen LogP contribution in [-0.2, 0) is 11.2 Å². The predicted molar refractivity (Wildman–Crippen MR) is 153 cm³/mol. The number of carbonyl (C=O) groups excluding carboxylic acids is 1. The fourth-order valence-electron chi connectivity index (χ4n) is 6.23. The average molecular weight is 514 g/mol. The Bertz CT molecular complexity index is 1210. The summed E-state index contributed by atoms with van der Waals surface area (Å²) < 4.78 is 5.61. The first-order valence-electron chi connectivity index (χ1n) is 14.4. The summed E-state index contributed by atoms with van der Waals surface area (Å²) in [6.07, 6.45) is 8.74. The normalized spacial score (nSPS) is 21.0. The van der Waals surface area contributed by atoms with Gasteiger partial charge in [0.05, 0.1) is 23.6 Å². The molecule has 38 heavy (non-hydrogen) atoms. The van der Waals surface area contributed by atoms with Gasteiger partial charge in [0.2, 0.25) is 0 Å². The molecule has 2 amide bonds. The second-order valence-corrected chi connectivity index (χ2v) is 11.2. The molecule has 2 aromatic carbocycles. The Kier molecular flexibility index (Phi) is 7.45. The van der Waals surface area contributed by atoms with Gasteiger partial charge in [-0.3, -0.25) is 9.89 Å². The lowest BCUT2D eigenvalue weighted by Crippen LogP contribution is -2.40. The number of nitrogens with zero attached hydrogens (tertiary/aromatic N) is 4. The van der Waals surface area contributed by atoms with Crippen molar-refractivity contribution in [1.82, 2.24) is 10.3 Å². The zero-order valence-corrected chi connectivity index (χ0v) is 22.5. The minimum Gasteiger partial charge on any atom is -0.381 e. The Morgan fingerprint density at radius 1 is 1.00 bits per heavy atom. The molecular formula is C31H39N5O2. The van der Waals surface area contributed by atoms with Gasteiger partial charge in [-0.1, -0.05) is 43.5 Å². The summed E-state index contributed by atoms with van der Waals surface area (Å²) in [5.74, 6) is 1.82. The molecule has 7 heteroatoms. The van der Waals surface area contributed by atoms with E-state index in [-0.39, 0.29) is 6.03 Å². The fourth-order valence-corrected chi connectivity index (χ4v) is 6.23. The lowest BCUT2D eigenvalue weighted by molar-refractivity contribution is 0.0571. The smallest absolute Gasteiger partial charge is 0.349 e. The minimum absolute atomic E-state index is 0.0660. The molecule has 0 atom stereocenters. The molecule has 0 radical (unpaired) electrons. The monoisotopic (exact) mass is 513 g/mol. The largest absolute Gasteiger partial charge is 0.381 e. The van der Waals surface area contributed by atoms with Crippen molar-refractivity contribution in [3.63, 3.8) is 0 Å². The van der Waals surface area contributed by atoms with E-state index < -0.39 is 0 Å². The van der Waals surface area contributed by atoms with Crippen LogP contribution in [0.25, 0.3) is 0 Å². The Labute approximate surface area is 226 Å². The molecule has 0 spiro atoms. The number of hydrogen-bond donors (Lipinski definition) is 1. The molecule has 1 N–H and O–H groups in total. The molecule has 7 nitrogen and oxygen atoms in total. The third-order valence-corrected chi connectivity index (χ3v) is 8.38. The average Bonchev–Trinajstić information content (AvgIpc) is 3.43. The van der Waals surface area contributed by atoms with Gasteiger partial charge >= 0.3 is 6.03 Å². The molecule has 1 saturated heterocycles. The first-order valence-corrected chi connectivity index (χ1v) is 14.4. The van der Waals surface area contributed by atoms with Gasteiger partial charge in [0.25, 0.3) is 0 Å². The number of urea groups is 1. The van der Waals surface area contributed by atoms with Gasteiger partial charge in [-0.15, -0.1) is 0 Å². The van der Waals surface area contributed by atoms with Gasteiger partial charge in [-0.05, 0) is 67.9 Å². The SMILES string of the molecule is Cc1ccc2c(c1)N(c1ccc(CC3=NCCN3)cc1)C(=O)N(CC1CCOCC1)N=C2C1CCCCC1. The molecule has 0 unspecified atom stereocenters. The lowest BCUT2D eigenvalue weighted by Gasteiger charge is -2.30. The van der Waals surface area contributed by atoms with Crippen molar-refractivity contribution in [1.29, 1.82) is 0 Å². The number of fused-ring (bicyclic) bond motifs is 1. The van der Waals surface area contributed by atoms with Gasteiger partial charge in [0, 0.05) is 44.2 Å². The van der Waals surface area contributed by atoms with Gasteiger partial charge in [-0.25, -0.2) is 9.80 Å². The summed E-state index contributed by atoms with van der Waals surface area (Å²) in [4.78, 5) is 20.8. The zero-order chi connectivity index (χ0) is 25.9. The lowest BCUT2D eigenvalue weighted by atomic mass is 9.82. The summed E-state index contributed by atoms with van der Waals surface area (Å²) in [6, 6.07) is 14.8. The van der Waals surface area contributed by atoms with Gasteiger partial charge in [0.1, 0.15) is 5.84 Å². The maximum atomic E-state index is 14.4. The molecule has 3 heterocycles. The number of rotatable bonds is 6. The molecule has 1 aliphatic carbocycles. The van der Waals surface area contributed by atoms with E-state index in [4.69, 9.17) is 9.84 Å². The Morgan fingerprint density at radius 2 is 1.79 bits per heavy atom. The van der Waals surface area contributed by atoms with E-state index in [0.29, 0.717) is 18.4 Å². The standard InChI is InChI=1S/C31H39N5O2/c1-22-7-12-27-28(19-22)36(26-10-8-23(9-11-26)20-29-32-15-16-33-29)31(37)35(21-24-13-17-38-18-14-24)34-30(27)25-5-3-2-4-6-25/h7-12,19,24-25H,2-6,13-18,20-21H2,1H3,(H,32,33). The third kappa shape index (κ3) is 5.35. The van der Waals surface area contributed by atoms with Crippen LogP contribution >= 0.6 is 0 Å². The van der Waals surface area contributed by atoms with E-state index in [0.717, 1.165) is 92.5 Å². The molecule has 3 aliphatic heterocycles. The van der Waals surface area contributed by atoms with Crippen LogP contribution in [0.4, 0.5) is 16.2 Å². The van der Waals surface area contributed by atoms with Gasteiger partial charge in [0.15, 0.2) is 0 Å². The van der Waals surface area contributed by atoms with Crippen LogP contribution in [0, 0.1) is 18.8 Å². The quantitative estimate of drug-likeness (QED) is 0.529. The summed E-state index contributed by atoms with van der Waals surface area (Å²) >= 11 is 0. The fraction of sp³-hybridized carbons (Fsp3) is 0.516. The number of aryl methyl sites for hydroxylation is 1. The van der Waals surface area contributed by atoms with Crippen LogP contribution in [0.2, 0.25) is 0 Å². The van der Waals surface area contributed by atoms with Crippen molar-refractivity contribution in [2.24, 2.45) is 21.9 Å². The molecule has 1 saturated carbocycles. The van der Waals surface area contributed by atoms with E-state index >= 15 is 0 Å². The first-order chi connectivity index (χ1) is 18.7. The first kappa shape index (κ1) is 25.1. The molecule has 4 aliphatic rings. The van der Waals surface area contributed by atoms with Crippen LogP contribution in [0.15, 0.2) is 52.6 Å². The van der Waals surface area contributed by atoms with Gasteiger partial charge < -0.3 is 10.1 Å². The second-order valence-electron chi connectivity index (χ2n) is 11.2. The van der Waals surface area contributed by atoms with Crippen molar-refractivity contribution in [2.75, 3.05) is 37.7 Å². The highest BCUT2D eigenvalue weighted by Crippen LogP contribution is 2.38. The summed E-state index contributed by atoms with van der Waals surface area (Å²) in [7, 11) is 0. The van der Waals surface area contributed by atoms with Crippen molar-refractivity contribution >= 4 is 29.0 Å². The Hall–Kier alpha value is -3.19. The van der Waals surface area contributed by atoms with E-state index in [2.05, 4.69) is 59.7 Å². The zero-order valence-electron chi connectivity index (χ0n) is 22.5. The van der Waals surface area contributed by atoms with Crippen LogP contribution in [-0.4, -0.2) is 55.4 Å². The molecule has 2 aromatic rings. The number of amides is 2. The van der Waals surface area contributed by atoms with Crippen molar-refractivity contribution in [3.8, 4) is 0 Å². The highest BCUT2D eigenvalue weighted by Gasteiger charge is 2.35.